The SMILES string of the molecule is CC(NC(=O)c1cc(F)c(F)cc1N)c1cccc(F)c1. The molecule has 0 aliphatic rings. The molecule has 0 saturated carbocycles. The molecule has 0 saturated heterocycles. The largest absolute Gasteiger partial charge is 0.398 e. The number of hydrogen-bond donors (Lipinski definition) is 2. The van der Waals surface area contributed by atoms with Crippen molar-refractivity contribution >= 4 is 11.6 Å². The van der Waals surface area contributed by atoms with Gasteiger partial charge in [0.25, 0.3) is 5.91 Å². The summed E-state index contributed by atoms with van der Waals surface area (Å²) in [6.45, 7) is 1.64. The quantitative estimate of drug-likeness (QED) is 0.854. The molecule has 1 atom stereocenters. The number of hydrogen-bond acceptors (Lipinski definition) is 2. The van der Waals surface area contributed by atoms with Crippen molar-refractivity contribution in [3.63, 3.8) is 0 Å². The van der Waals surface area contributed by atoms with Crippen LogP contribution in [-0.4, -0.2) is 5.91 Å². The van der Waals surface area contributed by atoms with Gasteiger partial charge in [0.15, 0.2) is 11.6 Å². The van der Waals surface area contributed by atoms with Crippen LogP contribution < -0.4 is 11.1 Å². The van der Waals surface area contributed by atoms with Crippen molar-refractivity contribution in [3.05, 3.63) is 65.0 Å². The van der Waals surface area contributed by atoms with Crippen molar-refractivity contribution in [3.8, 4) is 0 Å². The fourth-order valence-corrected chi connectivity index (χ4v) is 1.89. The highest BCUT2D eigenvalue weighted by molar-refractivity contribution is 5.99. The maximum atomic E-state index is 13.2. The summed E-state index contributed by atoms with van der Waals surface area (Å²) in [6, 6.07) is 6.68. The summed E-state index contributed by atoms with van der Waals surface area (Å²) >= 11 is 0. The van der Waals surface area contributed by atoms with Gasteiger partial charge in [0.05, 0.1) is 11.6 Å². The summed E-state index contributed by atoms with van der Waals surface area (Å²) in [5.41, 5.74) is 5.71. The predicted octanol–water partition coefficient (Wildman–Crippen LogP) is 3.18. The third-order valence-corrected chi connectivity index (χ3v) is 3.03. The Balaban J connectivity index is 2.20. The number of amides is 1. The van der Waals surface area contributed by atoms with Gasteiger partial charge in [-0.2, -0.15) is 0 Å². The number of nitrogen functional groups attached to an aromatic ring is 1. The molecule has 0 aliphatic carbocycles. The van der Waals surface area contributed by atoms with Crippen LogP contribution in [0.15, 0.2) is 36.4 Å². The Kier molecular flexibility index (Phi) is 4.16. The van der Waals surface area contributed by atoms with E-state index < -0.39 is 29.4 Å². The molecule has 1 unspecified atom stereocenters. The third-order valence-electron chi connectivity index (χ3n) is 3.03. The first-order chi connectivity index (χ1) is 9.88. The van der Waals surface area contributed by atoms with Gasteiger partial charge in [-0.05, 0) is 30.7 Å². The fraction of sp³-hybridized carbons (Fsp3) is 0.133. The molecule has 0 aromatic heterocycles. The van der Waals surface area contributed by atoms with E-state index in [2.05, 4.69) is 5.32 Å². The molecule has 2 aromatic carbocycles. The minimum absolute atomic E-state index is 0.169. The molecular formula is C15H13F3N2O. The van der Waals surface area contributed by atoms with Crippen LogP contribution in [0.2, 0.25) is 0 Å². The summed E-state index contributed by atoms with van der Waals surface area (Å²) in [4.78, 5) is 12.0. The number of carbonyl (C=O) groups excluding carboxylic acids is 1. The Morgan fingerprint density at radius 1 is 1.14 bits per heavy atom. The second-order valence-electron chi connectivity index (χ2n) is 4.60. The van der Waals surface area contributed by atoms with Crippen molar-refractivity contribution in [2.45, 2.75) is 13.0 Å². The number of carbonyl (C=O) groups is 1. The normalized spacial score (nSPS) is 12.0. The van der Waals surface area contributed by atoms with Crippen LogP contribution in [-0.2, 0) is 0 Å². The molecule has 1 amide bonds. The van der Waals surface area contributed by atoms with Gasteiger partial charge < -0.3 is 11.1 Å². The summed E-state index contributed by atoms with van der Waals surface area (Å²) < 4.78 is 39.3. The number of benzene rings is 2. The summed E-state index contributed by atoms with van der Waals surface area (Å²) in [5.74, 6) is -3.38. The minimum Gasteiger partial charge on any atom is -0.398 e. The summed E-state index contributed by atoms with van der Waals surface area (Å²) in [6.07, 6.45) is 0. The van der Waals surface area contributed by atoms with Crippen LogP contribution in [0.1, 0.15) is 28.9 Å². The monoisotopic (exact) mass is 294 g/mol. The van der Waals surface area contributed by atoms with Crippen LogP contribution in [0.5, 0.6) is 0 Å². The van der Waals surface area contributed by atoms with Gasteiger partial charge in [-0.15, -0.1) is 0 Å². The molecular weight excluding hydrogens is 281 g/mol. The maximum Gasteiger partial charge on any atom is 0.253 e. The van der Waals surface area contributed by atoms with Crippen LogP contribution in [0.25, 0.3) is 0 Å². The zero-order valence-electron chi connectivity index (χ0n) is 11.2. The van der Waals surface area contributed by atoms with E-state index in [4.69, 9.17) is 5.73 Å². The van der Waals surface area contributed by atoms with Crippen molar-refractivity contribution in [1.29, 1.82) is 0 Å². The lowest BCUT2D eigenvalue weighted by Gasteiger charge is -2.15. The Labute approximate surface area is 119 Å². The molecule has 0 heterocycles. The average molecular weight is 294 g/mol. The van der Waals surface area contributed by atoms with Gasteiger partial charge in [-0.25, -0.2) is 13.2 Å². The molecule has 2 aromatic rings. The van der Waals surface area contributed by atoms with E-state index in [0.29, 0.717) is 5.56 Å². The average Bonchev–Trinajstić information content (AvgIpc) is 2.42. The molecule has 0 spiro atoms. The molecule has 6 heteroatoms. The minimum atomic E-state index is -1.16. The molecule has 0 bridgehead atoms. The standard InChI is InChI=1S/C15H13F3N2O/c1-8(9-3-2-4-10(16)5-9)20-15(21)11-6-12(17)13(18)7-14(11)19/h2-8H,19H2,1H3,(H,20,21). The first-order valence-electron chi connectivity index (χ1n) is 6.19. The summed E-state index contributed by atoms with van der Waals surface area (Å²) in [5, 5.41) is 2.55. The number of rotatable bonds is 3. The molecule has 3 nitrogen and oxygen atoms in total. The Bertz CT molecular complexity index is 689. The highest BCUT2D eigenvalue weighted by Gasteiger charge is 2.17. The van der Waals surface area contributed by atoms with E-state index in [1.54, 1.807) is 13.0 Å². The lowest BCUT2D eigenvalue weighted by atomic mass is 10.1. The van der Waals surface area contributed by atoms with Gasteiger partial charge in [0.1, 0.15) is 5.82 Å². The van der Waals surface area contributed by atoms with Gasteiger partial charge in [0, 0.05) is 11.8 Å². The lowest BCUT2D eigenvalue weighted by molar-refractivity contribution is 0.0940. The first-order valence-corrected chi connectivity index (χ1v) is 6.19. The highest BCUT2D eigenvalue weighted by Crippen LogP contribution is 2.19. The van der Waals surface area contributed by atoms with Gasteiger partial charge >= 0.3 is 0 Å². The van der Waals surface area contributed by atoms with E-state index in [9.17, 15) is 18.0 Å². The molecule has 0 fully saturated rings. The second-order valence-corrected chi connectivity index (χ2v) is 4.60. The van der Waals surface area contributed by atoms with Crippen molar-refractivity contribution < 1.29 is 18.0 Å². The number of anilines is 1. The molecule has 3 N–H and O–H groups in total. The number of nitrogens with two attached hydrogens (primary N) is 1. The molecule has 0 aliphatic heterocycles. The van der Waals surface area contributed by atoms with Crippen molar-refractivity contribution in [2.24, 2.45) is 0 Å². The Hall–Kier alpha value is -2.50. The van der Waals surface area contributed by atoms with Crippen LogP contribution in [0, 0.1) is 17.5 Å². The number of halogens is 3. The van der Waals surface area contributed by atoms with E-state index in [0.717, 1.165) is 12.1 Å². The van der Waals surface area contributed by atoms with Gasteiger partial charge in [0.2, 0.25) is 0 Å². The number of nitrogens with one attached hydrogen (secondary N) is 1. The first kappa shape index (κ1) is 14.9. The lowest BCUT2D eigenvalue weighted by Crippen LogP contribution is -2.27. The third kappa shape index (κ3) is 3.34. The van der Waals surface area contributed by atoms with E-state index in [-0.39, 0.29) is 11.3 Å². The summed E-state index contributed by atoms with van der Waals surface area (Å²) in [7, 11) is 0. The topological polar surface area (TPSA) is 55.1 Å². The molecule has 2 rings (SSSR count). The second kappa shape index (κ2) is 5.87. The fourth-order valence-electron chi connectivity index (χ4n) is 1.89. The van der Waals surface area contributed by atoms with Crippen LogP contribution in [0.4, 0.5) is 18.9 Å². The van der Waals surface area contributed by atoms with E-state index >= 15 is 0 Å². The van der Waals surface area contributed by atoms with Crippen LogP contribution >= 0.6 is 0 Å². The predicted molar refractivity (Wildman–Crippen MR) is 73.1 cm³/mol. The smallest absolute Gasteiger partial charge is 0.253 e. The Morgan fingerprint density at radius 3 is 2.48 bits per heavy atom. The Morgan fingerprint density at radius 2 is 1.81 bits per heavy atom. The molecule has 0 radical (unpaired) electrons. The zero-order chi connectivity index (χ0) is 15.6. The zero-order valence-corrected chi connectivity index (χ0v) is 11.2. The highest BCUT2D eigenvalue weighted by atomic mass is 19.2. The van der Waals surface area contributed by atoms with Gasteiger partial charge in [-0.1, -0.05) is 12.1 Å². The maximum absolute atomic E-state index is 13.2. The van der Waals surface area contributed by atoms with Crippen LogP contribution in [0.3, 0.4) is 0 Å². The molecule has 21 heavy (non-hydrogen) atoms. The van der Waals surface area contributed by atoms with Crippen molar-refractivity contribution in [1.82, 2.24) is 5.32 Å². The molecule has 110 valence electrons. The van der Waals surface area contributed by atoms with E-state index in [1.165, 1.54) is 18.2 Å². The van der Waals surface area contributed by atoms with Crippen molar-refractivity contribution in [2.75, 3.05) is 5.73 Å². The van der Waals surface area contributed by atoms with Gasteiger partial charge in [-0.3, -0.25) is 4.79 Å². The van der Waals surface area contributed by atoms with E-state index in [1.807, 2.05) is 0 Å².